The van der Waals surface area contributed by atoms with E-state index in [4.69, 9.17) is 16.3 Å². The van der Waals surface area contributed by atoms with Gasteiger partial charge in [-0.1, -0.05) is 29.8 Å². The maximum atomic E-state index is 13.0. The monoisotopic (exact) mass is 517 g/mol. The Morgan fingerprint density at radius 3 is 2.42 bits per heavy atom. The fourth-order valence-electron chi connectivity index (χ4n) is 3.39. The molecule has 2 N–H and O–H groups in total. The Hall–Kier alpha value is -4.38. The van der Waals surface area contributed by atoms with Crippen molar-refractivity contribution in [2.45, 2.75) is 6.18 Å². The molecule has 3 aromatic carbocycles. The van der Waals surface area contributed by atoms with Gasteiger partial charge in [0.2, 0.25) is 0 Å². The molecule has 0 atom stereocenters. The first-order chi connectivity index (χ1) is 17.0. The van der Waals surface area contributed by atoms with Crippen LogP contribution >= 0.6 is 11.6 Å². The number of hydrogen-bond acceptors (Lipinski definition) is 5. The Kier molecular flexibility index (Phi) is 6.67. The summed E-state index contributed by atoms with van der Waals surface area (Å²) in [4.78, 5) is 52.3. The number of carbonyl (C=O) groups excluding carboxylic acids is 2. The quantitative estimate of drug-likeness (QED) is 0.387. The van der Waals surface area contributed by atoms with Crippen molar-refractivity contribution in [2.24, 2.45) is 0 Å². The van der Waals surface area contributed by atoms with Gasteiger partial charge in [-0.05, 0) is 48.5 Å². The van der Waals surface area contributed by atoms with E-state index in [-0.39, 0.29) is 22.2 Å². The second-order valence-electron chi connectivity index (χ2n) is 7.48. The Morgan fingerprint density at radius 2 is 1.72 bits per heavy atom. The summed E-state index contributed by atoms with van der Waals surface area (Å²) in [5.41, 5.74) is -2.25. The molecule has 184 valence electrons. The number of hydrogen-bond donors (Lipinski definition) is 2. The van der Waals surface area contributed by atoms with Gasteiger partial charge >= 0.3 is 17.8 Å². The van der Waals surface area contributed by atoms with Crippen molar-refractivity contribution < 1.29 is 27.5 Å². The molecule has 0 aliphatic rings. The van der Waals surface area contributed by atoms with Crippen molar-refractivity contribution in [3.8, 4) is 5.69 Å². The lowest BCUT2D eigenvalue weighted by atomic mass is 10.1. The van der Waals surface area contributed by atoms with Gasteiger partial charge in [-0.25, -0.2) is 14.2 Å². The first-order valence-corrected chi connectivity index (χ1v) is 10.6. The number of ether oxygens (including phenoxy) is 1. The maximum Gasteiger partial charge on any atom is 0.417 e. The van der Waals surface area contributed by atoms with Gasteiger partial charge in [-0.3, -0.25) is 9.59 Å². The minimum Gasteiger partial charge on any atom is -0.452 e. The summed E-state index contributed by atoms with van der Waals surface area (Å²) in [6.07, 6.45) is -4.72. The third-order valence-corrected chi connectivity index (χ3v) is 5.37. The number of aromatic amines is 1. The van der Waals surface area contributed by atoms with Crippen molar-refractivity contribution >= 4 is 40.1 Å². The average Bonchev–Trinajstić information content (AvgIpc) is 2.83. The molecule has 8 nitrogen and oxygen atoms in total. The fourth-order valence-corrected chi connectivity index (χ4v) is 3.61. The van der Waals surface area contributed by atoms with Crippen LogP contribution in [0.2, 0.25) is 5.02 Å². The number of esters is 1. The summed E-state index contributed by atoms with van der Waals surface area (Å²) < 4.78 is 44.8. The Balaban J connectivity index is 1.48. The predicted octanol–water partition coefficient (Wildman–Crippen LogP) is 4.15. The maximum absolute atomic E-state index is 13.0. The van der Waals surface area contributed by atoms with Crippen LogP contribution in [0.25, 0.3) is 16.6 Å². The molecule has 0 spiro atoms. The zero-order chi connectivity index (χ0) is 26.0. The Morgan fingerprint density at radius 1 is 1.00 bits per heavy atom. The summed E-state index contributed by atoms with van der Waals surface area (Å²) >= 11 is 5.54. The number of rotatable bonds is 5. The Labute approximate surface area is 204 Å². The van der Waals surface area contributed by atoms with E-state index in [2.05, 4.69) is 10.3 Å². The molecular formula is C24H15ClF3N3O5. The van der Waals surface area contributed by atoms with Gasteiger partial charge < -0.3 is 15.0 Å². The second kappa shape index (κ2) is 9.70. The SMILES string of the molecule is O=C(COC(=O)c1ccc2c(=O)n(-c3ccccc3)c(=O)[nH]c2c1)Nc1ccc(Cl)c(C(F)(F)F)c1. The summed E-state index contributed by atoms with van der Waals surface area (Å²) in [5, 5.41) is 1.79. The molecule has 0 saturated carbocycles. The third kappa shape index (κ3) is 5.15. The normalized spacial score (nSPS) is 11.3. The molecule has 0 aliphatic heterocycles. The van der Waals surface area contributed by atoms with E-state index in [1.165, 1.54) is 24.3 Å². The van der Waals surface area contributed by atoms with E-state index < -0.39 is 46.5 Å². The van der Waals surface area contributed by atoms with E-state index >= 15 is 0 Å². The first-order valence-electron chi connectivity index (χ1n) is 10.2. The van der Waals surface area contributed by atoms with Gasteiger partial charge in [0.1, 0.15) is 0 Å². The standard InChI is InChI=1S/C24H15ClF3N3O5/c25-18-9-7-14(11-17(18)24(26,27)28)29-20(32)12-36-22(34)13-6-8-16-19(10-13)30-23(35)31(21(16)33)15-4-2-1-3-5-15/h1-11H,12H2,(H,29,32)(H,30,35). The molecule has 4 aromatic rings. The van der Waals surface area contributed by atoms with Crippen LogP contribution in [0.1, 0.15) is 15.9 Å². The summed E-state index contributed by atoms with van der Waals surface area (Å²) in [6.45, 7) is -0.799. The molecule has 12 heteroatoms. The molecule has 1 heterocycles. The van der Waals surface area contributed by atoms with Crippen molar-refractivity contribution in [1.82, 2.24) is 9.55 Å². The minimum absolute atomic E-state index is 0.0614. The number of carbonyl (C=O) groups is 2. The summed E-state index contributed by atoms with van der Waals surface area (Å²) in [5.74, 6) is -1.84. The van der Waals surface area contributed by atoms with E-state index in [1.54, 1.807) is 30.3 Å². The number of para-hydroxylation sites is 1. The van der Waals surface area contributed by atoms with E-state index in [0.717, 1.165) is 10.6 Å². The smallest absolute Gasteiger partial charge is 0.417 e. The lowest BCUT2D eigenvalue weighted by Gasteiger charge is -2.12. The van der Waals surface area contributed by atoms with Crippen LogP contribution in [0.4, 0.5) is 18.9 Å². The highest BCUT2D eigenvalue weighted by atomic mass is 35.5. The predicted molar refractivity (Wildman–Crippen MR) is 126 cm³/mol. The number of anilines is 1. The van der Waals surface area contributed by atoms with E-state index in [0.29, 0.717) is 11.8 Å². The molecule has 0 fully saturated rings. The molecule has 0 saturated heterocycles. The zero-order valence-electron chi connectivity index (χ0n) is 18.1. The van der Waals surface area contributed by atoms with Crippen molar-refractivity contribution in [3.05, 3.63) is 104 Å². The van der Waals surface area contributed by atoms with E-state index in [9.17, 15) is 32.3 Å². The summed E-state index contributed by atoms with van der Waals surface area (Å²) in [6, 6.07) is 14.9. The topological polar surface area (TPSA) is 110 Å². The summed E-state index contributed by atoms with van der Waals surface area (Å²) in [7, 11) is 0. The highest BCUT2D eigenvalue weighted by Crippen LogP contribution is 2.36. The van der Waals surface area contributed by atoms with Crippen molar-refractivity contribution in [3.63, 3.8) is 0 Å². The zero-order valence-corrected chi connectivity index (χ0v) is 18.8. The number of alkyl halides is 3. The number of H-pyrrole nitrogens is 1. The van der Waals surface area contributed by atoms with Gasteiger partial charge in [0.25, 0.3) is 11.5 Å². The van der Waals surface area contributed by atoms with Crippen LogP contribution in [0.15, 0.2) is 76.3 Å². The van der Waals surface area contributed by atoms with Crippen LogP contribution in [0.5, 0.6) is 0 Å². The molecule has 0 bridgehead atoms. The molecule has 0 unspecified atom stereocenters. The van der Waals surface area contributed by atoms with Gasteiger partial charge in [0.15, 0.2) is 6.61 Å². The highest BCUT2D eigenvalue weighted by molar-refractivity contribution is 6.31. The molecule has 1 amide bonds. The number of nitrogens with one attached hydrogen (secondary N) is 2. The molecule has 4 rings (SSSR count). The highest BCUT2D eigenvalue weighted by Gasteiger charge is 2.33. The number of benzene rings is 3. The molecule has 0 aliphatic carbocycles. The molecular weight excluding hydrogens is 503 g/mol. The molecule has 0 radical (unpaired) electrons. The fraction of sp³-hybridized carbons (Fsp3) is 0.0833. The van der Waals surface area contributed by atoms with Gasteiger partial charge in [-0.2, -0.15) is 13.2 Å². The van der Waals surface area contributed by atoms with Gasteiger partial charge in [-0.15, -0.1) is 0 Å². The second-order valence-corrected chi connectivity index (χ2v) is 7.89. The number of aromatic nitrogens is 2. The molecule has 36 heavy (non-hydrogen) atoms. The van der Waals surface area contributed by atoms with Crippen LogP contribution < -0.4 is 16.6 Å². The average molecular weight is 518 g/mol. The number of halogens is 4. The van der Waals surface area contributed by atoms with Gasteiger partial charge in [0.05, 0.1) is 32.7 Å². The van der Waals surface area contributed by atoms with Gasteiger partial charge in [0, 0.05) is 5.69 Å². The lowest BCUT2D eigenvalue weighted by Crippen LogP contribution is -2.33. The largest absolute Gasteiger partial charge is 0.452 e. The number of nitrogens with zero attached hydrogens (tertiary/aromatic N) is 1. The van der Waals surface area contributed by atoms with Crippen molar-refractivity contribution in [2.75, 3.05) is 11.9 Å². The van der Waals surface area contributed by atoms with Crippen LogP contribution in [-0.2, 0) is 15.7 Å². The Bertz CT molecular complexity index is 1600. The minimum atomic E-state index is -4.72. The van der Waals surface area contributed by atoms with Crippen LogP contribution in [0.3, 0.4) is 0 Å². The van der Waals surface area contributed by atoms with Crippen LogP contribution in [-0.4, -0.2) is 28.0 Å². The lowest BCUT2D eigenvalue weighted by molar-refractivity contribution is -0.137. The van der Waals surface area contributed by atoms with Crippen LogP contribution in [0, 0.1) is 0 Å². The number of fused-ring (bicyclic) bond motifs is 1. The first kappa shape index (κ1) is 24.7. The van der Waals surface area contributed by atoms with Crippen molar-refractivity contribution in [1.29, 1.82) is 0 Å². The van der Waals surface area contributed by atoms with E-state index in [1.807, 2.05) is 0 Å². The molecule has 1 aromatic heterocycles. The third-order valence-electron chi connectivity index (χ3n) is 5.04. The number of amides is 1.